The number of ether oxygens (including phenoxy) is 1. The molecule has 3 aromatic carbocycles. The summed E-state index contributed by atoms with van der Waals surface area (Å²) in [6.07, 6.45) is 2.23. The first-order valence-electron chi connectivity index (χ1n) is 11.3. The fraction of sp³-hybridized carbons (Fsp3) is 0.286. The summed E-state index contributed by atoms with van der Waals surface area (Å²) in [6.45, 7) is 4.38. The van der Waals surface area contributed by atoms with Crippen LogP contribution in [0.1, 0.15) is 59.8 Å². The number of benzene rings is 3. The van der Waals surface area contributed by atoms with Crippen molar-refractivity contribution in [1.82, 2.24) is 5.32 Å². The Morgan fingerprint density at radius 1 is 1.03 bits per heavy atom. The molecule has 0 aromatic heterocycles. The molecule has 0 bridgehead atoms. The van der Waals surface area contributed by atoms with Crippen molar-refractivity contribution in [2.45, 2.75) is 45.8 Å². The van der Waals surface area contributed by atoms with Gasteiger partial charge in [0.1, 0.15) is 24.5 Å². The van der Waals surface area contributed by atoms with E-state index in [1.165, 1.54) is 6.07 Å². The summed E-state index contributed by atoms with van der Waals surface area (Å²) >= 11 is 0. The van der Waals surface area contributed by atoms with Crippen molar-refractivity contribution in [2.75, 3.05) is 0 Å². The van der Waals surface area contributed by atoms with Crippen LogP contribution in [0.2, 0.25) is 0 Å². The Hall–Kier alpha value is -3.47. The maximum absolute atomic E-state index is 14.5. The number of halogens is 1. The van der Waals surface area contributed by atoms with Crippen LogP contribution < -0.4 is 10.1 Å². The quantitative estimate of drug-likeness (QED) is 0.364. The van der Waals surface area contributed by atoms with Crippen LogP contribution >= 0.6 is 0 Å². The Kier molecular flexibility index (Phi) is 8.76. The van der Waals surface area contributed by atoms with Crippen LogP contribution in [-0.4, -0.2) is 12.2 Å². The highest BCUT2D eigenvalue weighted by molar-refractivity contribution is 5.96. The van der Waals surface area contributed by atoms with Gasteiger partial charge >= 0.3 is 0 Å². The highest BCUT2D eigenvalue weighted by atomic mass is 19.1. The number of carbonyl (C=O) groups is 2. The molecule has 1 atom stereocenters. The number of hydrogen-bond acceptors (Lipinski definition) is 3. The van der Waals surface area contributed by atoms with Gasteiger partial charge < -0.3 is 14.8 Å². The van der Waals surface area contributed by atoms with Crippen LogP contribution in [0.15, 0.2) is 72.8 Å². The predicted octanol–water partition coefficient (Wildman–Crippen LogP) is 6.05. The average molecular weight is 448 g/mol. The zero-order chi connectivity index (χ0) is 23.6. The van der Waals surface area contributed by atoms with E-state index in [0.29, 0.717) is 37.0 Å². The molecule has 0 fully saturated rings. The summed E-state index contributed by atoms with van der Waals surface area (Å²) in [7, 11) is 0. The number of aldehydes is 1. The van der Waals surface area contributed by atoms with Crippen LogP contribution in [0.25, 0.3) is 0 Å². The van der Waals surface area contributed by atoms with Gasteiger partial charge in [0.25, 0.3) is 5.91 Å². The van der Waals surface area contributed by atoms with E-state index in [1.807, 2.05) is 56.3 Å². The van der Waals surface area contributed by atoms with Crippen LogP contribution in [0.4, 0.5) is 4.39 Å². The molecule has 3 rings (SSSR count). The first kappa shape index (κ1) is 24.2. The smallest absolute Gasteiger partial charge is 0.252 e. The lowest BCUT2D eigenvalue weighted by atomic mass is 9.95. The van der Waals surface area contributed by atoms with E-state index in [0.717, 1.165) is 23.2 Å². The van der Waals surface area contributed by atoms with Crippen LogP contribution in [0.3, 0.4) is 0 Å². The molecule has 5 heteroatoms. The van der Waals surface area contributed by atoms with E-state index >= 15 is 0 Å². The van der Waals surface area contributed by atoms with Crippen molar-refractivity contribution in [3.05, 3.63) is 101 Å². The number of hydrogen-bond donors (Lipinski definition) is 1. The first-order chi connectivity index (χ1) is 16.0. The predicted molar refractivity (Wildman–Crippen MR) is 128 cm³/mol. The SMILES string of the molecule is CC(C)CC(NC(=O)c1cc(COc2ccccc2)ccc1CCC=O)c1ccccc1F. The van der Waals surface area contributed by atoms with Crippen molar-refractivity contribution >= 4 is 12.2 Å². The van der Waals surface area contributed by atoms with Gasteiger partial charge in [-0.25, -0.2) is 4.39 Å². The summed E-state index contributed by atoms with van der Waals surface area (Å²) in [5.41, 5.74) is 2.57. The van der Waals surface area contributed by atoms with Crippen molar-refractivity contribution in [2.24, 2.45) is 5.92 Å². The van der Waals surface area contributed by atoms with E-state index in [1.54, 1.807) is 24.3 Å². The summed E-state index contributed by atoms with van der Waals surface area (Å²) in [6, 6.07) is 21.1. The topological polar surface area (TPSA) is 55.4 Å². The second-order valence-corrected chi connectivity index (χ2v) is 8.48. The Labute approximate surface area is 194 Å². The Morgan fingerprint density at radius 2 is 1.76 bits per heavy atom. The van der Waals surface area contributed by atoms with Crippen molar-refractivity contribution in [3.63, 3.8) is 0 Å². The second kappa shape index (κ2) is 12.0. The summed E-state index contributed by atoms with van der Waals surface area (Å²) in [5, 5.41) is 3.03. The third kappa shape index (κ3) is 7.01. The Bertz CT molecular complexity index is 1070. The largest absolute Gasteiger partial charge is 0.489 e. The van der Waals surface area contributed by atoms with E-state index in [-0.39, 0.29) is 17.6 Å². The van der Waals surface area contributed by atoms with Crippen molar-refractivity contribution < 1.29 is 18.7 Å². The lowest BCUT2D eigenvalue weighted by molar-refractivity contribution is -0.107. The lowest BCUT2D eigenvalue weighted by Gasteiger charge is -2.22. The number of carbonyl (C=O) groups excluding carboxylic acids is 2. The fourth-order valence-electron chi connectivity index (χ4n) is 3.77. The summed E-state index contributed by atoms with van der Waals surface area (Å²) < 4.78 is 20.3. The number of rotatable bonds is 11. The number of aryl methyl sites for hydroxylation is 1. The molecule has 4 nitrogen and oxygen atoms in total. The highest BCUT2D eigenvalue weighted by Crippen LogP contribution is 2.25. The zero-order valence-corrected chi connectivity index (χ0v) is 19.1. The first-order valence-corrected chi connectivity index (χ1v) is 11.3. The molecular formula is C28H30FNO3. The maximum Gasteiger partial charge on any atom is 0.252 e. The maximum atomic E-state index is 14.5. The monoisotopic (exact) mass is 447 g/mol. The van der Waals surface area contributed by atoms with Crippen LogP contribution in [-0.2, 0) is 17.8 Å². The molecule has 0 aliphatic carbocycles. The molecule has 0 saturated carbocycles. The minimum atomic E-state index is -0.457. The molecular weight excluding hydrogens is 417 g/mol. The number of amides is 1. The zero-order valence-electron chi connectivity index (χ0n) is 19.1. The van der Waals surface area contributed by atoms with Crippen molar-refractivity contribution in [1.29, 1.82) is 0 Å². The van der Waals surface area contributed by atoms with Gasteiger partial charge in [0.15, 0.2) is 0 Å². The number of nitrogens with one attached hydrogen (secondary N) is 1. The number of para-hydroxylation sites is 1. The van der Waals surface area contributed by atoms with Gasteiger partial charge in [-0.2, -0.15) is 0 Å². The van der Waals surface area contributed by atoms with Gasteiger partial charge in [-0.05, 0) is 54.2 Å². The van der Waals surface area contributed by atoms with Gasteiger partial charge in [-0.1, -0.05) is 62.4 Å². The molecule has 0 aliphatic heterocycles. The molecule has 0 spiro atoms. The lowest BCUT2D eigenvalue weighted by Crippen LogP contribution is -2.31. The second-order valence-electron chi connectivity index (χ2n) is 8.48. The van der Waals surface area contributed by atoms with E-state index in [4.69, 9.17) is 4.74 Å². The van der Waals surface area contributed by atoms with Crippen molar-refractivity contribution in [3.8, 4) is 5.75 Å². The molecule has 1 amide bonds. The molecule has 0 saturated heterocycles. The molecule has 172 valence electrons. The minimum Gasteiger partial charge on any atom is -0.489 e. The minimum absolute atomic E-state index is 0.259. The van der Waals surface area contributed by atoms with Gasteiger partial charge in [-0.15, -0.1) is 0 Å². The molecule has 1 N–H and O–H groups in total. The molecule has 3 aromatic rings. The highest BCUT2D eigenvalue weighted by Gasteiger charge is 2.21. The average Bonchev–Trinajstić information content (AvgIpc) is 2.82. The standard InChI is InChI=1S/C28H30FNO3/c1-20(2)17-27(24-12-6-7-13-26(24)29)30-28(32)25-18-21(14-15-22(25)9-8-16-31)19-33-23-10-4-3-5-11-23/h3-7,10-16,18,20,27H,8-9,17,19H2,1-2H3,(H,30,32). The van der Waals surface area contributed by atoms with Crippen LogP contribution in [0.5, 0.6) is 5.75 Å². The van der Waals surface area contributed by atoms with Gasteiger partial charge in [0.2, 0.25) is 0 Å². The Balaban J connectivity index is 1.85. The van der Waals surface area contributed by atoms with E-state index in [2.05, 4.69) is 5.32 Å². The van der Waals surface area contributed by atoms with E-state index in [9.17, 15) is 14.0 Å². The van der Waals surface area contributed by atoms with Gasteiger partial charge in [-0.3, -0.25) is 4.79 Å². The molecule has 1 unspecified atom stereocenters. The summed E-state index contributed by atoms with van der Waals surface area (Å²) in [5.74, 6) is 0.376. The molecule has 0 radical (unpaired) electrons. The molecule has 0 aliphatic rings. The molecule has 33 heavy (non-hydrogen) atoms. The fourth-order valence-corrected chi connectivity index (χ4v) is 3.77. The molecule has 0 heterocycles. The van der Waals surface area contributed by atoms with Gasteiger partial charge in [0.05, 0.1) is 6.04 Å². The third-order valence-corrected chi connectivity index (χ3v) is 5.39. The third-order valence-electron chi connectivity index (χ3n) is 5.39. The normalized spacial score (nSPS) is 11.8. The van der Waals surface area contributed by atoms with Gasteiger partial charge in [0, 0.05) is 17.5 Å². The van der Waals surface area contributed by atoms with Crippen LogP contribution in [0, 0.1) is 11.7 Å². The Morgan fingerprint density at radius 3 is 2.45 bits per heavy atom. The van der Waals surface area contributed by atoms with E-state index < -0.39 is 6.04 Å². The summed E-state index contributed by atoms with van der Waals surface area (Å²) in [4.78, 5) is 24.3.